The Morgan fingerprint density at radius 1 is 1.15 bits per heavy atom. The van der Waals surface area contributed by atoms with E-state index >= 15 is 0 Å². The molecule has 0 aromatic heterocycles. The maximum absolute atomic E-state index is 12.5. The first kappa shape index (κ1) is 20.1. The number of benzene rings is 2. The van der Waals surface area contributed by atoms with Crippen LogP contribution >= 0.6 is 11.6 Å². The molecule has 2 aromatic carbocycles. The van der Waals surface area contributed by atoms with Crippen molar-refractivity contribution in [2.75, 3.05) is 16.6 Å². The van der Waals surface area contributed by atoms with Crippen LogP contribution in [0.1, 0.15) is 26.7 Å². The fourth-order valence-corrected chi connectivity index (χ4v) is 3.41. The second kappa shape index (κ2) is 8.91. The van der Waals surface area contributed by atoms with Crippen molar-refractivity contribution in [2.24, 2.45) is 0 Å². The number of sulfonamides is 1. The van der Waals surface area contributed by atoms with Crippen LogP contribution in [0.3, 0.4) is 0 Å². The molecule has 0 aliphatic rings. The van der Waals surface area contributed by atoms with E-state index in [4.69, 9.17) is 16.3 Å². The second-order valence-corrected chi connectivity index (χ2v) is 7.74. The van der Waals surface area contributed by atoms with Gasteiger partial charge in [-0.15, -0.1) is 0 Å². The van der Waals surface area contributed by atoms with Gasteiger partial charge in [-0.1, -0.05) is 24.9 Å². The third kappa shape index (κ3) is 5.64. The molecule has 0 aliphatic carbocycles. The average molecular weight is 397 g/mol. The summed E-state index contributed by atoms with van der Waals surface area (Å²) in [6, 6.07) is 10.7. The van der Waals surface area contributed by atoms with E-state index in [1.165, 1.54) is 37.3 Å². The van der Waals surface area contributed by atoms with Gasteiger partial charge in [0.05, 0.1) is 27.9 Å². The lowest BCUT2D eigenvalue weighted by Gasteiger charge is -2.11. The minimum Gasteiger partial charge on any atom is -0.494 e. The van der Waals surface area contributed by atoms with Gasteiger partial charge in [-0.05, 0) is 48.9 Å². The SMILES string of the molecule is CCCCOc1ccc(S(=O)(=O)Nc2ccc(NC(C)=O)c(Cl)c2)cc1. The van der Waals surface area contributed by atoms with E-state index in [9.17, 15) is 13.2 Å². The zero-order chi connectivity index (χ0) is 19.2. The Bertz CT molecular complexity index is 867. The number of carbonyl (C=O) groups excluding carboxylic acids is 1. The highest BCUT2D eigenvalue weighted by Crippen LogP contribution is 2.27. The molecular weight excluding hydrogens is 376 g/mol. The lowest BCUT2D eigenvalue weighted by atomic mass is 10.3. The van der Waals surface area contributed by atoms with Crippen molar-refractivity contribution in [1.82, 2.24) is 0 Å². The van der Waals surface area contributed by atoms with Crippen LogP contribution in [0.5, 0.6) is 5.75 Å². The largest absolute Gasteiger partial charge is 0.494 e. The number of ether oxygens (including phenoxy) is 1. The van der Waals surface area contributed by atoms with Crippen LogP contribution in [-0.4, -0.2) is 20.9 Å². The van der Waals surface area contributed by atoms with Gasteiger partial charge in [0.25, 0.3) is 10.0 Å². The van der Waals surface area contributed by atoms with Crippen molar-refractivity contribution >= 4 is 38.9 Å². The minimum atomic E-state index is -3.76. The van der Waals surface area contributed by atoms with E-state index in [1.807, 2.05) is 0 Å². The molecule has 140 valence electrons. The van der Waals surface area contributed by atoms with Crippen LogP contribution in [0.4, 0.5) is 11.4 Å². The van der Waals surface area contributed by atoms with Crippen molar-refractivity contribution in [3.63, 3.8) is 0 Å². The molecule has 0 saturated heterocycles. The number of hydrogen-bond donors (Lipinski definition) is 2. The highest BCUT2D eigenvalue weighted by molar-refractivity contribution is 7.92. The number of halogens is 1. The Hall–Kier alpha value is -2.25. The molecule has 0 fully saturated rings. The first-order valence-electron chi connectivity index (χ1n) is 8.14. The lowest BCUT2D eigenvalue weighted by molar-refractivity contribution is -0.114. The normalized spacial score (nSPS) is 11.0. The van der Waals surface area contributed by atoms with Gasteiger partial charge in [0.1, 0.15) is 5.75 Å². The Morgan fingerprint density at radius 2 is 1.85 bits per heavy atom. The molecule has 0 bridgehead atoms. The molecule has 0 radical (unpaired) electrons. The Morgan fingerprint density at radius 3 is 2.42 bits per heavy atom. The van der Waals surface area contributed by atoms with Gasteiger partial charge >= 0.3 is 0 Å². The number of nitrogens with one attached hydrogen (secondary N) is 2. The molecule has 0 atom stereocenters. The molecule has 0 unspecified atom stereocenters. The quantitative estimate of drug-likeness (QED) is 0.652. The van der Waals surface area contributed by atoms with Crippen LogP contribution in [0.2, 0.25) is 5.02 Å². The molecular formula is C18H21ClN2O4S. The van der Waals surface area contributed by atoms with Crippen LogP contribution in [-0.2, 0) is 14.8 Å². The summed E-state index contributed by atoms with van der Waals surface area (Å²) in [6.07, 6.45) is 1.97. The molecule has 2 aromatic rings. The van der Waals surface area contributed by atoms with Gasteiger partial charge in [-0.2, -0.15) is 0 Å². The molecule has 8 heteroatoms. The summed E-state index contributed by atoms with van der Waals surface area (Å²) in [5.74, 6) is 0.363. The van der Waals surface area contributed by atoms with Gasteiger partial charge in [0.2, 0.25) is 5.91 Å². The fraction of sp³-hybridized carbons (Fsp3) is 0.278. The molecule has 2 N–H and O–H groups in total. The van der Waals surface area contributed by atoms with Gasteiger partial charge < -0.3 is 10.1 Å². The molecule has 0 aliphatic heterocycles. The lowest BCUT2D eigenvalue weighted by Crippen LogP contribution is -2.13. The van der Waals surface area contributed by atoms with E-state index in [0.29, 0.717) is 23.7 Å². The van der Waals surface area contributed by atoms with Crippen LogP contribution in [0.25, 0.3) is 0 Å². The number of unbranched alkanes of at least 4 members (excludes halogenated alkanes) is 1. The van der Waals surface area contributed by atoms with Crippen LogP contribution in [0, 0.1) is 0 Å². The molecule has 2 rings (SSSR count). The zero-order valence-corrected chi connectivity index (χ0v) is 16.2. The maximum atomic E-state index is 12.5. The summed E-state index contributed by atoms with van der Waals surface area (Å²) in [5, 5.41) is 2.80. The third-order valence-corrected chi connectivity index (χ3v) is 5.14. The van der Waals surface area contributed by atoms with E-state index in [-0.39, 0.29) is 15.8 Å². The fourth-order valence-electron chi connectivity index (χ4n) is 2.13. The van der Waals surface area contributed by atoms with Crippen molar-refractivity contribution < 1.29 is 17.9 Å². The molecule has 1 amide bonds. The van der Waals surface area contributed by atoms with Crippen LogP contribution < -0.4 is 14.8 Å². The Balaban J connectivity index is 2.10. The maximum Gasteiger partial charge on any atom is 0.261 e. The predicted molar refractivity (Wildman–Crippen MR) is 103 cm³/mol. The molecule has 0 spiro atoms. The summed E-state index contributed by atoms with van der Waals surface area (Å²) >= 11 is 6.06. The minimum absolute atomic E-state index is 0.113. The predicted octanol–water partition coefficient (Wildman–Crippen LogP) is 4.28. The number of hydrogen-bond acceptors (Lipinski definition) is 4. The van der Waals surface area contributed by atoms with Gasteiger partial charge in [-0.3, -0.25) is 9.52 Å². The van der Waals surface area contributed by atoms with Crippen molar-refractivity contribution in [3.8, 4) is 5.75 Å². The molecule has 0 heterocycles. The highest BCUT2D eigenvalue weighted by Gasteiger charge is 2.15. The summed E-state index contributed by atoms with van der Waals surface area (Å²) in [6.45, 7) is 4.03. The van der Waals surface area contributed by atoms with E-state index in [2.05, 4.69) is 17.0 Å². The van der Waals surface area contributed by atoms with Gasteiger partial charge in [0.15, 0.2) is 0 Å². The highest BCUT2D eigenvalue weighted by atomic mass is 35.5. The standard InChI is InChI=1S/C18H21ClN2O4S/c1-3-4-11-25-15-6-8-16(9-7-15)26(23,24)21-14-5-10-18(17(19)12-14)20-13(2)22/h5-10,12,21H,3-4,11H2,1-2H3,(H,20,22). The molecule has 26 heavy (non-hydrogen) atoms. The topological polar surface area (TPSA) is 84.5 Å². The number of carbonyl (C=O) groups is 1. The summed E-state index contributed by atoms with van der Waals surface area (Å²) < 4.78 is 33.0. The monoisotopic (exact) mass is 396 g/mol. The van der Waals surface area contributed by atoms with Gasteiger partial charge in [-0.25, -0.2) is 8.42 Å². The number of rotatable bonds is 8. The van der Waals surface area contributed by atoms with E-state index in [1.54, 1.807) is 12.1 Å². The van der Waals surface area contributed by atoms with Crippen LogP contribution in [0.15, 0.2) is 47.4 Å². The smallest absolute Gasteiger partial charge is 0.261 e. The summed E-state index contributed by atoms with van der Waals surface area (Å²) in [5.41, 5.74) is 0.711. The second-order valence-electron chi connectivity index (χ2n) is 5.65. The van der Waals surface area contributed by atoms with Crippen molar-refractivity contribution in [3.05, 3.63) is 47.5 Å². The molecule has 6 nitrogen and oxygen atoms in total. The number of anilines is 2. The first-order valence-corrected chi connectivity index (χ1v) is 10.0. The van der Waals surface area contributed by atoms with Crippen molar-refractivity contribution in [2.45, 2.75) is 31.6 Å². The Kier molecular flexibility index (Phi) is 6.88. The van der Waals surface area contributed by atoms with Gasteiger partial charge in [0, 0.05) is 6.92 Å². The molecule has 0 saturated carbocycles. The third-order valence-electron chi connectivity index (χ3n) is 3.43. The summed E-state index contributed by atoms with van der Waals surface area (Å²) in [7, 11) is -3.76. The van der Waals surface area contributed by atoms with Crippen molar-refractivity contribution in [1.29, 1.82) is 0 Å². The zero-order valence-electron chi connectivity index (χ0n) is 14.6. The first-order chi connectivity index (χ1) is 12.3. The summed E-state index contributed by atoms with van der Waals surface area (Å²) in [4.78, 5) is 11.2. The number of amides is 1. The van der Waals surface area contributed by atoms with E-state index < -0.39 is 10.0 Å². The van der Waals surface area contributed by atoms with E-state index in [0.717, 1.165) is 12.8 Å². The average Bonchev–Trinajstić information content (AvgIpc) is 2.57. The Labute approximate surface area is 158 Å².